The Morgan fingerprint density at radius 2 is 1.84 bits per heavy atom. The topological polar surface area (TPSA) is 28.7 Å². The van der Waals surface area contributed by atoms with Gasteiger partial charge < -0.3 is 4.98 Å². The zero-order valence-electron chi connectivity index (χ0n) is 11.1. The fourth-order valence-electron chi connectivity index (χ4n) is 2.17. The van der Waals surface area contributed by atoms with Crippen LogP contribution in [0.2, 0.25) is 0 Å². The molecule has 2 nitrogen and oxygen atoms in total. The lowest BCUT2D eigenvalue weighted by molar-refractivity contribution is 1.03. The Morgan fingerprint density at radius 1 is 1.05 bits per heavy atom. The highest BCUT2D eigenvalue weighted by Gasteiger charge is 2.11. The predicted octanol–water partition coefficient (Wildman–Crippen LogP) is 4.72. The lowest BCUT2D eigenvalue weighted by Crippen LogP contribution is -1.88. The molecule has 1 atom stereocenters. The van der Waals surface area contributed by atoms with Crippen LogP contribution in [-0.4, -0.2) is 9.97 Å². The summed E-state index contributed by atoms with van der Waals surface area (Å²) in [4.78, 5) is 8.07. The Balaban J connectivity index is 1.88. The first-order valence-electron chi connectivity index (χ1n) is 6.41. The van der Waals surface area contributed by atoms with E-state index in [0.717, 1.165) is 16.2 Å². The van der Waals surface area contributed by atoms with Gasteiger partial charge in [0.2, 0.25) is 0 Å². The molecule has 1 aromatic heterocycles. The van der Waals surface area contributed by atoms with Gasteiger partial charge in [0.1, 0.15) is 0 Å². The molecule has 0 saturated heterocycles. The number of H-pyrrole nitrogens is 1. The van der Waals surface area contributed by atoms with E-state index in [-0.39, 0.29) is 0 Å². The lowest BCUT2D eigenvalue weighted by atomic mass is 10.2. The maximum absolute atomic E-state index is 4.69. The molecule has 0 fully saturated rings. The van der Waals surface area contributed by atoms with Gasteiger partial charge in [-0.15, -0.1) is 0 Å². The number of aryl methyl sites for hydroxylation is 1. The Labute approximate surface area is 117 Å². The summed E-state index contributed by atoms with van der Waals surface area (Å²) in [5.41, 5.74) is 4.73. The molecule has 0 saturated carbocycles. The van der Waals surface area contributed by atoms with E-state index in [9.17, 15) is 0 Å². The normalized spacial score (nSPS) is 12.7. The summed E-state index contributed by atoms with van der Waals surface area (Å²) >= 11 is 1.76. The van der Waals surface area contributed by atoms with Crippen molar-refractivity contribution in [1.29, 1.82) is 0 Å². The first-order chi connectivity index (χ1) is 9.24. The molecule has 0 radical (unpaired) electrons. The first-order valence-corrected chi connectivity index (χ1v) is 7.29. The molecule has 19 heavy (non-hydrogen) atoms. The largest absolute Gasteiger partial charge is 0.333 e. The molecule has 3 heteroatoms. The fraction of sp³-hybridized carbons (Fsp3) is 0.188. The average molecular weight is 268 g/mol. The van der Waals surface area contributed by atoms with Crippen LogP contribution in [0.15, 0.2) is 53.7 Å². The van der Waals surface area contributed by atoms with Crippen molar-refractivity contribution in [2.24, 2.45) is 0 Å². The molecule has 0 bridgehead atoms. The molecular formula is C16H16N2S. The van der Waals surface area contributed by atoms with E-state index in [2.05, 4.69) is 66.3 Å². The SMILES string of the molecule is Cc1cccc2[nH]c(S[C@H](C)c3ccccc3)nc12. The smallest absolute Gasteiger partial charge is 0.166 e. The third-order valence-corrected chi connectivity index (χ3v) is 4.29. The van der Waals surface area contributed by atoms with Crippen LogP contribution in [0.5, 0.6) is 0 Å². The highest BCUT2D eigenvalue weighted by Crippen LogP contribution is 2.34. The van der Waals surface area contributed by atoms with Crippen LogP contribution in [0.25, 0.3) is 11.0 Å². The van der Waals surface area contributed by atoms with E-state index in [4.69, 9.17) is 0 Å². The minimum absolute atomic E-state index is 0.391. The van der Waals surface area contributed by atoms with Crippen molar-refractivity contribution in [3.63, 3.8) is 0 Å². The van der Waals surface area contributed by atoms with Gasteiger partial charge in [0, 0.05) is 5.25 Å². The number of thioether (sulfide) groups is 1. The lowest BCUT2D eigenvalue weighted by Gasteiger charge is -2.08. The van der Waals surface area contributed by atoms with Crippen molar-refractivity contribution < 1.29 is 0 Å². The third kappa shape index (κ3) is 2.51. The number of nitrogens with zero attached hydrogens (tertiary/aromatic N) is 1. The van der Waals surface area contributed by atoms with Crippen LogP contribution in [0.3, 0.4) is 0 Å². The summed E-state index contributed by atoms with van der Waals surface area (Å²) in [6, 6.07) is 16.8. The zero-order chi connectivity index (χ0) is 13.2. The van der Waals surface area contributed by atoms with E-state index in [1.807, 2.05) is 6.07 Å². The van der Waals surface area contributed by atoms with Crippen molar-refractivity contribution in [3.05, 3.63) is 59.7 Å². The van der Waals surface area contributed by atoms with Crippen molar-refractivity contribution in [2.75, 3.05) is 0 Å². The van der Waals surface area contributed by atoms with E-state index >= 15 is 0 Å². The van der Waals surface area contributed by atoms with Gasteiger partial charge in [0.15, 0.2) is 5.16 Å². The summed E-state index contributed by atoms with van der Waals surface area (Å²) in [7, 11) is 0. The second kappa shape index (κ2) is 5.10. The minimum Gasteiger partial charge on any atom is -0.333 e. The maximum Gasteiger partial charge on any atom is 0.166 e. The molecule has 1 N–H and O–H groups in total. The number of hydrogen-bond acceptors (Lipinski definition) is 2. The Kier molecular flexibility index (Phi) is 3.30. The molecule has 1 heterocycles. The average Bonchev–Trinajstić information content (AvgIpc) is 2.84. The highest BCUT2D eigenvalue weighted by atomic mass is 32.2. The second-order valence-corrected chi connectivity index (χ2v) is 6.01. The van der Waals surface area contributed by atoms with Gasteiger partial charge in [-0.05, 0) is 31.0 Å². The number of fused-ring (bicyclic) bond motifs is 1. The van der Waals surface area contributed by atoms with Gasteiger partial charge in [0.25, 0.3) is 0 Å². The van der Waals surface area contributed by atoms with E-state index in [1.165, 1.54) is 11.1 Å². The molecule has 0 aliphatic rings. The van der Waals surface area contributed by atoms with Crippen LogP contribution in [-0.2, 0) is 0 Å². The van der Waals surface area contributed by atoms with E-state index < -0.39 is 0 Å². The van der Waals surface area contributed by atoms with Crippen LogP contribution in [0, 0.1) is 6.92 Å². The zero-order valence-corrected chi connectivity index (χ0v) is 11.9. The molecule has 2 aromatic carbocycles. The summed E-state index contributed by atoms with van der Waals surface area (Å²) in [6.07, 6.45) is 0. The van der Waals surface area contributed by atoms with Gasteiger partial charge in [-0.3, -0.25) is 0 Å². The van der Waals surface area contributed by atoms with E-state index in [1.54, 1.807) is 11.8 Å². The number of nitrogens with one attached hydrogen (secondary N) is 1. The monoisotopic (exact) mass is 268 g/mol. The van der Waals surface area contributed by atoms with Crippen molar-refractivity contribution >= 4 is 22.8 Å². The van der Waals surface area contributed by atoms with Crippen LogP contribution in [0.1, 0.15) is 23.3 Å². The third-order valence-electron chi connectivity index (χ3n) is 3.25. The van der Waals surface area contributed by atoms with Crippen LogP contribution in [0.4, 0.5) is 0 Å². The summed E-state index contributed by atoms with van der Waals surface area (Å²) in [5.74, 6) is 0. The molecule has 0 aliphatic carbocycles. The Bertz CT molecular complexity index is 688. The maximum atomic E-state index is 4.69. The second-order valence-electron chi connectivity index (χ2n) is 4.68. The minimum atomic E-state index is 0.391. The van der Waals surface area contributed by atoms with Crippen LogP contribution < -0.4 is 0 Å². The summed E-state index contributed by atoms with van der Waals surface area (Å²) in [5, 5.41) is 1.38. The summed E-state index contributed by atoms with van der Waals surface area (Å²) in [6.45, 7) is 4.30. The molecule has 0 unspecified atom stereocenters. The Morgan fingerprint density at radius 3 is 2.58 bits per heavy atom. The van der Waals surface area contributed by atoms with Gasteiger partial charge in [-0.1, -0.05) is 54.2 Å². The molecule has 3 rings (SSSR count). The molecule has 3 aromatic rings. The molecule has 0 aliphatic heterocycles. The molecule has 96 valence electrons. The van der Waals surface area contributed by atoms with E-state index in [0.29, 0.717) is 5.25 Å². The molecular weight excluding hydrogens is 252 g/mol. The quantitative estimate of drug-likeness (QED) is 0.696. The number of aromatic nitrogens is 2. The number of para-hydroxylation sites is 1. The predicted molar refractivity (Wildman–Crippen MR) is 81.5 cm³/mol. The first kappa shape index (κ1) is 12.3. The van der Waals surface area contributed by atoms with Gasteiger partial charge >= 0.3 is 0 Å². The number of rotatable bonds is 3. The Hall–Kier alpha value is -1.74. The number of aromatic amines is 1. The number of imidazole rings is 1. The summed E-state index contributed by atoms with van der Waals surface area (Å²) < 4.78 is 0. The van der Waals surface area contributed by atoms with Crippen molar-refractivity contribution in [1.82, 2.24) is 9.97 Å². The highest BCUT2D eigenvalue weighted by molar-refractivity contribution is 7.99. The van der Waals surface area contributed by atoms with Crippen LogP contribution >= 0.6 is 11.8 Å². The number of benzene rings is 2. The fourth-order valence-corrected chi connectivity index (χ4v) is 3.11. The van der Waals surface area contributed by atoms with Crippen molar-refractivity contribution in [3.8, 4) is 0 Å². The van der Waals surface area contributed by atoms with Gasteiger partial charge in [-0.2, -0.15) is 0 Å². The standard InChI is InChI=1S/C16H16N2S/c1-11-7-6-10-14-15(11)18-16(17-14)19-12(2)13-8-4-3-5-9-13/h3-10,12H,1-2H3,(H,17,18)/t12-/m1/s1. The van der Waals surface area contributed by atoms with Crippen molar-refractivity contribution in [2.45, 2.75) is 24.3 Å². The molecule has 0 spiro atoms. The van der Waals surface area contributed by atoms with Gasteiger partial charge in [0.05, 0.1) is 11.0 Å². The molecule has 0 amide bonds. The van der Waals surface area contributed by atoms with Gasteiger partial charge in [-0.25, -0.2) is 4.98 Å². The number of hydrogen-bond donors (Lipinski definition) is 1.